The Bertz CT molecular complexity index is 734. The van der Waals surface area contributed by atoms with Crippen molar-refractivity contribution in [2.45, 2.75) is 13.0 Å². The maximum absolute atomic E-state index is 12.2. The second kappa shape index (κ2) is 6.11. The molecule has 0 bridgehead atoms. The maximum atomic E-state index is 12.2. The van der Waals surface area contributed by atoms with Gasteiger partial charge in [-0.05, 0) is 47.2 Å². The highest BCUT2D eigenvalue weighted by Gasteiger charge is 2.19. The second-order valence-corrected chi connectivity index (χ2v) is 6.06. The van der Waals surface area contributed by atoms with Crippen LogP contribution in [0.15, 0.2) is 41.8 Å². The predicted octanol–water partition coefficient (Wildman–Crippen LogP) is 3.25. The zero-order valence-corrected chi connectivity index (χ0v) is 12.6. The van der Waals surface area contributed by atoms with Crippen molar-refractivity contribution in [3.63, 3.8) is 0 Å². The minimum Gasteiger partial charge on any atom is -0.334 e. The summed E-state index contributed by atoms with van der Waals surface area (Å²) in [5.41, 5.74) is 2.05. The maximum Gasteiger partial charge on any atom is 0.269 e. The molecule has 6 heteroatoms. The fraction of sp³-hybridized carbons (Fsp3) is 0.188. The summed E-state index contributed by atoms with van der Waals surface area (Å²) < 4.78 is 0. The SMILES string of the molecule is O=C(C=Cc1ccc([N+](=O)[O-])cc1)N1CCc2sccc2C1. The molecule has 0 radical (unpaired) electrons. The van der Waals surface area contributed by atoms with Gasteiger partial charge < -0.3 is 4.90 Å². The van der Waals surface area contributed by atoms with Crippen LogP contribution >= 0.6 is 11.3 Å². The molecule has 0 N–H and O–H groups in total. The van der Waals surface area contributed by atoms with Crippen LogP contribution in [0.25, 0.3) is 6.08 Å². The molecule has 1 aliphatic heterocycles. The zero-order valence-electron chi connectivity index (χ0n) is 11.8. The first-order valence-electron chi connectivity index (χ1n) is 6.90. The first-order chi connectivity index (χ1) is 10.6. The minimum atomic E-state index is -0.440. The Kier molecular flexibility index (Phi) is 4.02. The van der Waals surface area contributed by atoms with Crippen LogP contribution in [0, 0.1) is 10.1 Å². The number of nitrogens with zero attached hydrogens (tertiary/aromatic N) is 2. The van der Waals surface area contributed by atoms with Gasteiger partial charge in [-0.15, -0.1) is 11.3 Å². The average Bonchev–Trinajstić information content (AvgIpc) is 3.00. The number of hydrogen-bond donors (Lipinski definition) is 0. The highest BCUT2D eigenvalue weighted by atomic mass is 32.1. The molecule has 0 aliphatic carbocycles. The van der Waals surface area contributed by atoms with Crippen LogP contribution < -0.4 is 0 Å². The van der Waals surface area contributed by atoms with Crippen molar-refractivity contribution < 1.29 is 9.72 Å². The summed E-state index contributed by atoms with van der Waals surface area (Å²) >= 11 is 1.74. The Morgan fingerprint density at radius 3 is 2.77 bits per heavy atom. The Labute approximate surface area is 131 Å². The van der Waals surface area contributed by atoms with Gasteiger partial charge in [0, 0.05) is 36.2 Å². The summed E-state index contributed by atoms with van der Waals surface area (Å²) in [6, 6.07) is 8.20. The molecule has 3 rings (SSSR count). The van der Waals surface area contributed by atoms with Gasteiger partial charge in [0.1, 0.15) is 0 Å². The number of carbonyl (C=O) groups excluding carboxylic acids is 1. The van der Waals surface area contributed by atoms with Gasteiger partial charge in [0.2, 0.25) is 5.91 Å². The molecular weight excluding hydrogens is 300 g/mol. The third kappa shape index (κ3) is 3.07. The van der Waals surface area contributed by atoms with Gasteiger partial charge in [0.15, 0.2) is 0 Å². The van der Waals surface area contributed by atoms with Crippen LogP contribution in [-0.4, -0.2) is 22.3 Å². The van der Waals surface area contributed by atoms with E-state index in [1.54, 1.807) is 29.5 Å². The second-order valence-electron chi connectivity index (χ2n) is 5.06. The van der Waals surface area contributed by atoms with Crippen LogP contribution in [0.4, 0.5) is 5.69 Å². The lowest BCUT2D eigenvalue weighted by atomic mass is 10.1. The topological polar surface area (TPSA) is 63.4 Å². The van der Waals surface area contributed by atoms with Crippen molar-refractivity contribution in [3.05, 3.63) is 67.9 Å². The fourth-order valence-corrected chi connectivity index (χ4v) is 3.31. The first kappa shape index (κ1) is 14.5. The third-order valence-electron chi connectivity index (χ3n) is 3.64. The number of non-ortho nitro benzene ring substituents is 1. The Balaban J connectivity index is 1.65. The third-order valence-corrected chi connectivity index (χ3v) is 4.66. The minimum absolute atomic E-state index is 0.0322. The van der Waals surface area contributed by atoms with Crippen LogP contribution in [-0.2, 0) is 17.8 Å². The van der Waals surface area contributed by atoms with E-state index < -0.39 is 4.92 Å². The molecule has 1 aromatic heterocycles. The van der Waals surface area contributed by atoms with Gasteiger partial charge >= 0.3 is 0 Å². The van der Waals surface area contributed by atoms with E-state index in [0.717, 1.165) is 18.5 Å². The van der Waals surface area contributed by atoms with Crippen molar-refractivity contribution >= 4 is 29.0 Å². The molecule has 0 fully saturated rings. The Morgan fingerprint density at radius 1 is 1.27 bits per heavy atom. The number of rotatable bonds is 3. The summed E-state index contributed by atoms with van der Waals surface area (Å²) in [7, 11) is 0. The molecule has 2 heterocycles. The van der Waals surface area contributed by atoms with E-state index >= 15 is 0 Å². The van der Waals surface area contributed by atoms with E-state index in [1.165, 1.54) is 28.6 Å². The van der Waals surface area contributed by atoms with Crippen molar-refractivity contribution in [1.29, 1.82) is 0 Å². The molecule has 2 aromatic rings. The molecule has 0 saturated carbocycles. The van der Waals surface area contributed by atoms with E-state index in [0.29, 0.717) is 6.54 Å². The Morgan fingerprint density at radius 2 is 2.05 bits per heavy atom. The number of amides is 1. The van der Waals surface area contributed by atoms with E-state index in [1.807, 2.05) is 4.90 Å². The number of carbonyl (C=O) groups is 1. The molecule has 5 nitrogen and oxygen atoms in total. The van der Waals surface area contributed by atoms with E-state index in [9.17, 15) is 14.9 Å². The standard InChI is InChI=1S/C16H14N2O3S/c19-16(17-9-7-15-13(11-17)8-10-22-15)6-3-12-1-4-14(5-2-12)18(20)21/h1-6,8,10H,7,9,11H2. The summed E-state index contributed by atoms with van der Waals surface area (Å²) in [6.07, 6.45) is 4.12. The van der Waals surface area contributed by atoms with Crippen LogP contribution in [0.3, 0.4) is 0 Å². The number of nitro groups is 1. The number of nitro benzene ring substituents is 1. The molecule has 0 unspecified atom stereocenters. The van der Waals surface area contributed by atoms with Crippen LogP contribution in [0.1, 0.15) is 16.0 Å². The van der Waals surface area contributed by atoms with E-state index in [2.05, 4.69) is 11.4 Å². The van der Waals surface area contributed by atoms with E-state index in [4.69, 9.17) is 0 Å². The smallest absolute Gasteiger partial charge is 0.269 e. The highest BCUT2D eigenvalue weighted by Crippen LogP contribution is 2.24. The lowest BCUT2D eigenvalue weighted by Crippen LogP contribution is -2.34. The molecule has 0 atom stereocenters. The van der Waals surface area contributed by atoms with Crippen LogP contribution in [0.5, 0.6) is 0 Å². The van der Waals surface area contributed by atoms with Gasteiger partial charge in [-0.3, -0.25) is 14.9 Å². The van der Waals surface area contributed by atoms with Crippen molar-refractivity contribution in [2.75, 3.05) is 6.54 Å². The van der Waals surface area contributed by atoms with Crippen molar-refractivity contribution in [2.24, 2.45) is 0 Å². The van der Waals surface area contributed by atoms with Gasteiger partial charge in [-0.1, -0.05) is 0 Å². The van der Waals surface area contributed by atoms with Gasteiger partial charge in [-0.2, -0.15) is 0 Å². The summed E-state index contributed by atoms with van der Waals surface area (Å²) in [5, 5.41) is 12.7. The monoisotopic (exact) mass is 314 g/mol. The molecule has 22 heavy (non-hydrogen) atoms. The summed E-state index contributed by atoms with van der Waals surface area (Å²) in [5.74, 6) is -0.0322. The fourth-order valence-electron chi connectivity index (χ4n) is 2.42. The average molecular weight is 314 g/mol. The highest BCUT2D eigenvalue weighted by molar-refractivity contribution is 7.10. The Hall–Kier alpha value is -2.47. The van der Waals surface area contributed by atoms with Gasteiger partial charge in [0.25, 0.3) is 5.69 Å². The molecule has 1 aliphatic rings. The number of fused-ring (bicyclic) bond motifs is 1. The molecule has 0 saturated heterocycles. The lowest BCUT2D eigenvalue weighted by molar-refractivity contribution is -0.384. The quantitative estimate of drug-likeness (QED) is 0.496. The largest absolute Gasteiger partial charge is 0.334 e. The molecule has 0 spiro atoms. The lowest BCUT2D eigenvalue weighted by Gasteiger charge is -2.25. The predicted molar refractivity (Wildman–Crippen MR) is 85.6 cm³/mol. The molecule has 1 amide bonds. The molecular formula is C16H14N2O3S. The summed E-state index contributed by atoms with van der Waals surface area (Å²) in [4.78, 5) is 25.5. The van der Waals surface area contributed by atoms with Crippen LogP contribution in [0.2, 0.25) is 0 Å². The van der Waals surface area contributed by atoms with E-state index in [-0.39, 0.29) is 11.6 Å². The number of hydrogen-bond acceptors (Lipinski definition) is 4. The first-order valence-corrected chi connectivity index (χ1v) is 7.78. The van der Waals surface area contributed by atoms with Gasteiger partial charge in [0.05, 0.1) is 4.92 Å². The normalized spacial score (nSPS) is 14.1. The number of thiophene rings is 1. The molecule has 112 valence electrons. The number of benzene rings is 1. The zero-order chi connectivity index (χ0) is 15.5. The van der Waals surface area contributed by atoms with Crippen molar-refractivity contribution in [1.82, 2.24) is 4.90 Å². The van der Waals surface area contributed by atoms with Crippen molar-refractivity contribution in [3.8, 4) is 0 Å². The summed E-state index contributed by atoms with van der Waals surface area (Å²) in [6.45, 7) is 1.39. The van der Waals surface area contributed by atoms with Gasteiger partial charge in [-0.25, -0.2) is 0 Å². The molecule has 1 aromatic carbocycles.